The van der Waals surface area contributed by atoms with Crippen LogP contribution in [-0.2, 0) is 5.75 Å². The van der Waals surface area contributed by atoms with Gasteiger partial charge in [-0.1, -0.05) is 25.1 Å². The number of hydrogen-bond acceptors (Lipinski definition) is 5. The van der Waals surface area contributed by atoms with Crippen molar-refractivity contribution in [2.24, 2.45) is 11.7 Å². The molecule has 1 aromatic carbocycles. The Bertz CT molecular complexity index is 470. The predicted octanol–water partition coefficient (Wildman–Crippen LogP) is 1.49. The molecule has 0 aliphatic heterocycles. The van der Waals surface area contributed by atoms with Gasteiger partial charge in [-0.3, -0.25) is 0 Å². The molecule has 2 rings (SSSR count). The molecular weight excluding hydrogens is 246 g/mol. The topological polar surface area (TPSA) is 69.6 Å². The summed E-state index contributed by atoms with van der Waals surface area (Å²) in [5.74, 6) is 3.22. The van der Waals surface area contributed by atoms with Gasteiger partial charge in [0, 0.05) is 0 Å². The van der Waals surface area contributed by atoms with E-state index in [9.17, 15) is 0 Å². The number of para-hydroxylation sites is 1. The maximum absolute atomic E-state index is 5.59. The first-order chi connectivity index (χ1) is 8.81. The summed E-state index contributed by atoms with van der Waals surface area (Å²) in [6, 6.07) is 9.92. The average Bonchev–Trinajstić information content (AvgIpc) is 2.88. The lowest BCUT2D eigenvalue weighted by molar-refractivity contribution is 0.675. The summed E-state index contributed by atoms with van der Waals surface area (Å²) in [5, 5.41) is 11.8. The van der Waals surface area contributed by atoms with Crippen LogP contribution in [0.3, 0.4) is 0 Å². The molecule has 0 aliphatic carbocycles. The molecule has 1 atom stereocenters. The van der Waals surface area contributed by atoms with Gasteiger partial charge in [-0.05, 0) is 40.8 Å². The minimum Gasteiger partial charge on any atom is -0.330 e. The fourth-order valence-electron chi connectivity index (χ4n) is 1.48. The predicted molar refractivity (Wildman–Crippen MR) is 73.5 cm³/mol. The normalized spacial score (nSPS) is 12.6. The van der Waals surface area contributed by atoms with E-state index in [1.54, 1.807) is 4.68 Å². The van der Waals surface area contributed by atoms with E-state index < -0.39 is 0 Å². The summed E-state index contributed by atoms with van der Waals surface area (Å²) in [6.07, 6.45) is 0. The second kappa shape index (κ2) is 6.51. The molecule has 96 valence electrons. The van der Waals surface area contributed by atoms with E-state index in [1.165, 1.54) is 0 Å². The lowest BCUT2D eigenvalue weighted by Gasteiger charge is -2.07. The second-order valence-corrected chi connectivity index (χ2v) is 5.23. The van der Waals surface area contributed by atoms with Gasteiger partial charge >= 0.3 is 0 Å². The van der Waals surface area contributed by atoms with Gasteiger partial charge in [0.15, 0.2) is 5.82 Å². The SMILES string of the molecule is CC(CN)CSCc1nnnn1-c1ccccc1. The highest BCUT2D eigenvalue weighted by atomic mass is 32.2. The lowest BCUT2D eigenvalue weighted by atomic mass is 10.2. The summed E-state index contributed by atoms with van der Waals surface area (Å²) >= 11 is 1.81. The molecule has 6 heteroatoms. The van der Waals surface area contributed by atoms with Crippen LogP contribution in [0.15, 0.2) is 30.3 Å². The van der Waals surface area contributed by atoms with E-state index in [0.29, 0.717) is 5.92 Å². The van der Waals surface area contributed by atoms with Crippen molar-refractivity contribution in [1.29, 1.82) is 0 Å². The number of nitrogens with zero attached hydrogens (tertiary/aromatic N) is 4. The quantitative estimate of drug-likeness (QED) is 0.855. The van der Waals surface area contributed by atoms with E-state index in [-0.39, 0.29) is 0 Å². The summed E-state index contributed by atoms with van der Waals surface area (Å²) in [4.78, 5) is 0. The molecule has 18 heavy (non-hydrogen) atoms. The minimum absolute atomic E-state index is 0.524. The van der Waals surface area contributed by atoms with Gasteiger partial charge in [-0.15, -0.1) is 5.10 Å². The zero-order valence-corrected chi connectivity index (χ0v) is 11.2. The molecular formula is C12H17N5S. The maximum atomic E-state index is 5.59. The first-order valence-electron chi connectivity index (χ1n) is 5.91. The van der Waals surface area contributed by atoms with Crippen molar-refractivity contribution in [2.45, 2.75) is 12.7 Å². The number of nitrogens with two attached hydrogens (primary N) is 1. The zero-order valence-electron chi connectivity index (χ0n) is 10.4. The smallest absolute Gasteiger partial charge is 0.166 e. The minimum atomic E-state index is 0.524. The van der Waals surface area contributed by atoms with Crippen LogP contribution in [0.5, 0.6) is 0 Å². The van der Waals surface area contributed by atoms with Crippen LogP contribution in [0.25, 0.3) is 5.69 Å². The number of hydrogen-bond donors (Lipinski definition) is 1. The fraction of sp³-hybridized carbons (Fsp3) is 0.417. The Balaban J connectivity index is 2.00. The molecule has 2 N–H and O–H groups in total. The van der Waals surface area contributed by atoms with E-state index in [2.05, 4.69) is 22.4 Å². The Morgan fingerprint density at radius 2 is 2.11 bits per heavy atom. The second-order valence-electron chi connectivity index (χ2n) is 4.20. The van der Waals surface area contributed by atoms with Crippen molar-refractivity contribution in [1.82, 2.24) is 20.2 Å². The third kappa shape index (κ3) is 3.30. The zero-order chi connectivity index (χ0) is 12.8. The summed E-state index contributed by atoms with van der Waals surface area (Å²) in [5.41, 5.74) is 6.58. The van der Waals surface area contributed by atoms with Crippen LogP contribution in [0.1, 0.15) is 12.7 Å². The number of benzene rings is 1. The van der Waals surface area contributed by atoms with E-state index in [4.69, 9.17) is 5.73 Å². The van der Waals surface area contributed by atoms with E-state index in [1.807, 2.05) is 42.1 Å². The van der Waals surface area contributed by atoms with Crippen molar-refractivity contribution in [3.05, 3.63) is 36.2 Å². The molecule has 5 nitrogen and oxygen atoms in total. The Morgan fingerprint density at radius 3 is 2.83 bits per heavy atom. The van der Waals surface area contributed by atoms with Gasteiger partial charge in [-0.25, -0.2) is 0 Å². The highest BCUT2D eigenvalue weighted by Crippen LogP contribution is 2.15. The van der Waals surface area contributed by atoms with Gasteiger partial charge in [-0.2, -0.15) is 16.4 Å². The highest BCUT2D eigenvalue weighted by molar-refractivity contribution is 7.98. The van der Waals surface area contributed by atoms with Crippen molar-refractivity contribution in [2.75, 3.05) is 12.3 Å². The molecule has 1 heterocycles. The Hall–Kier alpha value is -1.40. The summed E-state index contributed by atoms with van der Waals surface area (Å²) in [7, 11) is 0. The Labute approximate surface area is 111 Å². The summed E-state index contributed by atoms with van der Waals surface area (Å²) < 4.78 is 1.78. The van der Waals surface area contributed by atoms with Crippen molar-refractivity contribution >= 4 is 11.8 Å². The van der Waals surface area contributed by atoms with Gasteiger partial charge in [0.1, 0.15) is 0 Å². The molecule has 1 aromatic heterocycles. The van der Waals surface area contributed by atoms with Crippen molar-refractivity contribution in [3.63, 3.8) is 0 Å². The molecule has 0 radical (unpaired) electrons. The third-order valence-electron chi connectivity index (χ3n) is 2.57. The van der Waals surface area contributed by atoms with Gasteiger partial charge in [0.25, 0.3) is 0 Å². The molecule has 0 saturated heterocycles. The van der Waals surface area contributed by atoms with Gasteiger partial charge in [0.2, 0.25) is 0 Å². The fourth-order valence-corrected chi connectivity index (χ4v) is 2.50. The van der Waals surface area contributed by atoms with Crippen LogP contribution < -0.4 is 5.73 Å². The first kappa shape index (κ1) is 13.0. The highest BCUT2D eigenvalue weighted by Gasteiger charge is 2.08. The molecule has 2 aromatic rings. The van der Waals surface area contributed by atoms with E-state index in [0.717, 1.165) is 29.6 Å². The van der Waals surface area contributed by atoms with Crippen molar-refractivity contribution in [3.8, 4) is 5.69 Å². The van der Waals surface area contributed by atoms with Crippen LogP contribution >= 0.6 is 11.8 Å². The number of thioether (sulfide) groups is 1. The number of rotatable bonds is 6. The van der Waals surface area contributed by atoms with Gasteiger partial charge < -0.3 is 5.73 Å². The number of tetrazole rings is 1. The third-order valence-corrected chi connectivity index (χ3v) is 3.84. The molecule has 1 unspecified atom stereocenters. The number of aromatic nitrogens is 4. The molecule has 0 amide bonds. The molecule has 0 fully saturated rings. The van der Waals surface area contributed by atoms with E-state index >= 15 is 0 Å². The standard InChI is InChI=1S/C12H17N5S/c1-10(7-13)8-18-9-12-14-15-16-17(12)11-5-3-2-4-6-11/h2-6,10H,7-9,13H2,1H3. The monoisotopic (exact) mass is 263 g/mol. The Kier molecular flexibility index (Phi) is 4.72. The van der Waals surface area contributed by atoms with Crippen molar-refractivity contribution < 1.29 is 0 Å². The first-order valence-corrected chi connectivity index (χ1v) is 7.07. The van der Waals surface area contributed by atoms with Crippen LogP contribution in [-0.4, -0.2) is 32.5 Å². The van der Waals surface area contributed by atoms with Crippen LogP contribution in [0.4, 0.5) is 0 Å². The average molecular weight is 263 g/mol. The van der Waals surface area contributed by atoms with Crippen LogP contribution in [0, 0.1) is 5.92 Å². The van der Waals surface area contributed by atoms with Gasteiger partial charge in [0.05, 0.1) is 11.4 Å². The molecule has 0 spiro atoms. The molecule has 0 bridgehead atoms. The molecule has 0 saturated carbocycles. The lowest BCUT2D eigenvalue weighted by Crippen LogP contribution is -2.13. The largest absolute Gasteiger partial charge is 0.330 e. The maximum Gasteiger partial charge on any atom is 0.166 e. The molecule has 0 aliphatic rings. The van der Waals surface area contributed by atoms with Crippen LogP contribution in [0.2, 0.25) is 0 Å². The Morgan fingerprint density at radius 1 is 1.33 bits per heavy atom. The summed E-state index contributed by atoms with van der Waals surface area (Å²) in [6.45, 7) is 2.86.